The molecule has 15 heavy (non-hydrogen) atoms. The first-order valence-electron chi connectivity index (χ1n) is 4.52. The summed E-state index contributed by atoms with van der Waals surface area (Å²) in [6, 6.07) is 0. The quantitative estimate of drug-likeness (QED) is 0.158. The van der Waals surface area contributed by atoms with E-state index < -0.39 is 6.09 Å². The van der Waals surface area contributed by atoms with Crippen molar-refractivity contribution in [1.29, 1.82) is 5.41 Å². The van der Waals surface area contributed by atoms with E-state index in [4.69, 9.17) is 21.1 Å². The molecule has 6 N–H and O–H groups in total. The molecule has 0 aliphatic carbocycles. The van der Waals surface area contributed by atoms with Gasteiger partial charge in [-0.1, -0.05) is 0 Å². The van der Waals surface area contributed by atoms with Gasteiger partial charge in [-0.15, -0.1) is 0 Å². The fourth-order valence-corrected chi connectivity index (χ4v) is 1.14. The van der Waals surface area contributed by atoms with Crippen molar-refractivity contribution in [2.45, 2.75) is 6.10 Å². The van der Waals surface area contributed by atoms with Crippen LogP contribution in [0.15, 0.2) is 0 Å². The van der Waals surface area contributed by atoms with Gasteiger partial charge >= 0.3 is 6.09 Å². The number of hydrazine groups is 1. The first-order chi connectivity index (χ1) is 7.17. The maximum absolute atomic E-state index is 11.0. The number of aliphatic hydroxyl groups excluding tert-OH is 1. The Labute approximate surface area is 86.8 Å². The lowest BCUT2D eigenvalue weighted by atomic mass is 10.2. The molecule has 1 amide bonds. The molecule has 1 fully saturated rings. The number of aliphatic hydroxyl groups is 1. The van der Waals surface area contributed by atoms with Gasteiger partial charge in [-0.05, 0) is 0 Å². The molecular weight excluding hydrogens is 202 g/mol. The van der Waals surface area contributed by atoms with Gasteiger partial charge in [-0.2, -0.15) is 0 Å². The molecule has 0 radical (unpaired) electrons. The van der Waals surface area contributed by atoms with Crippen molar-refractivity contribution < 1.29 is 14.6 Å². The zero-order chi connectivity index (χ0) is 11.3. The third kappa shape index (κ3) is 3.26. The third-order valence-electron chi connectivity index (χ3n) is 1.96. The molecular formula is C7H15N5O3. The fraction of sp³-hybridized carbons (Fsp3) is 0.714. The number of hydrogen-bond donors (Lipinski definition) is 5. The molecule has 86 valence electrons. The molecule has 0 bridgehead atoms. The number of nitrogens with zero attached hydrogens (tertiary/aromatic N) is 1. The van der Waals surface area contributed by atoms with Crippen LogP contribution in [0.3, 0.4) is 0 Å². The molecule has 8 heteroatoms. The van der Waals surface area contributed by atoms with Crippen LogP contribution >= 0.6 is 0 Å². The minimum Gasteiger partial charge on any atom is -0.442 e. The Morgan fingerprint density at radius 1 is 1.67 bits per heavy atom. The topological polar surface area (TPSA) is 124 Å². The average molecular weight is 217 g/mol. The molecule has 1 aliphatic heterocycles. The number of likely N-dealkylation sites (tertiary alicyclic amines) is 1. The number of nitrogens with two attached hydrogens (primary N) is 1. The number of amides is 1. The van der Waals surface area contributed by atoms with Crippen LogP contribution in [0, 0.1) is 5.41 Å². The maximum atomic E-state index is 11.0. The van der Waals surface area contributed by atoms with Gasteiger partial charge in [0.1, 0.15) is 6.10 Å². The largest absolute Gasteiger partial charge is 0.442 e. The molecule has 0 aromatic carbocycles. The van der Waals surface area contributed by atoms with Crippen molar-refractivity contribution in [3.8, 4) is 0 Å². The first-order valence-corrected chi connectivity index (χ1v) is 4.52. The summed E-state index contributed by atoms with van der Waals surface area (Å²) in [4.78, 5) is 12.6. The second kappa shape index (κ2) is 5.37. The summed E-state index contributed by atoms with van der Waals surface area (Å²) < 4.78 is 4.95. The second-order valence-corrected chi connectivity index (χ2v) is 3.08. The number of nitrogens with one attached hydrogen (secondary N) is 3. The van der Waals surface area contributed by atoms with E-state index in [0.717, 1.165) is 0 Å². The second-order valence-electron chi connectivity index (χ2n) is 3.08. The van der Waals surface area contributed by atoms with Gasteiger partial charge in [-0.25, -0.2) is 10.6 Å². The third-order valence-corrected chi connectivity index (χ3v) is 1.96. The SMILES string of the molecule is N=C(NN)N1CC(OC(=O)NCCO)C1. The Morgan fingerprint density at radius 2 is 2.33 bits per heavy atom. The predicted molar refractivity (Wildman–Crippen MR) is 52.0 cm³/mol. The molecule has 1 heterocycles. The van der Waals surface area contributed by atoms with Crippen molar-refractivity contribution in [2.24, 2.45) is 5.84 Å². The molecule has 0 aromatic heterocycles. The van der Waals surface area contributed by atoms with E-state index in [2.05, 4.69) is 10.7 Å². The summed E-state index contributed by atoms with van der Waals surface area (Å²) in [5.41, 5.74) is 2.20. The molecule has 0 unspecified atom stereocenters. The summed E-state index contributed by atoms with van der Waals surface area (Å²) in [5.74, 6) is 5.13. The van der Waals surface area contributed by atoms with Crippen LogP contribution in [-0.2, 0) is 4.74 Å². The number of carbonyl (C=O) groups excluding carboxylic acids is 1. The lowest BCUT2D eigenvalue weighted by molar-refractivity contribution is 0.0185. The van der Waals surface area contributed by atoms with Crippen LogP contribution in [0.2, 0.25) is 0 Å². The smallest absolute Gasteiger partial charge is 0.407 e. The van der Waals surface area contributed by atoms with Crippen molar-refractivity contribution >= 4 is 12.1 Å². The highest BCUT2D eigenvalue weighted by atomic mass is 16.6. The first kappa shape index (κ1) is 11.5. The van der Waals surface area contributed by atoms with Crippen LogP contribution in [-0.4, -0.2) is 54.4 Å². The summed E-state index contributed by atoms with van der Waals surface area (Å²) in [6.07, 6.45) is -0.779. The maximum Gasteiger partial charge on any atom is 0.407 e. The predicted octanol–water partition coefficient (Wildman–Crippen LogP) is -2.21. The lowest BCUT2D eigenvalue weighted by Gasteiger charge is -2.39. The van der Waals surface area contributed by atoms with Gasteiger partial charge in [0, 0.05) is 6.54 Å². The number of rotatable bonds is 3. The van der Waals surface area contributed by atoms with Crippen LogP contribution in [0.5, 0.6) is 0 Å². The molecule has 0 spiro atoms. The average Bonchev–Trinajstić information content (AvgIpc) is 2.18. The van der Waals surface area contributed by atoms with E-state index in [9.17, 15) is 4.79 Å². The van der Waals surface area contributed by atoms with E-state index in [-0.39, 0.29) is 25.2 Å². The van der Waals surface area contributed by atoms with Gasteiger partial charge in [0.15, 0.2) is 0 Å². The molecule has 1 saturated heterocycles. The molecule has 8 nitrogen and oxygen atoms in total. The zero-order valence-corrected chi connectivity index (χ0v) is 8.19. The monoisotopic (exact) mass is 217 g/mol. The van der Waals surface area contributed by atoms with Gasteiger partial charge in [-0.3, -0.25) is 10.8 Å². The lowest BCUT2D eigenvalue weighted by Crippen LogP contribution is -2.60. The number of alkyl carbamates (subject to hydrolysis) is 1. The minimum atomic E-state index is -0.555. The molecule has 0 aromatic rings. The highest BCUT2D eigenvalue weighted by molar-refractivity contribution is 5.77. The Kier molecular flexibility index (Phi) is 4.13. The van der Waals surface area contributed by atoms with E-state index in [1.807, 2.05) is 0 Å². The van der Waals surface area contributed by atoms with Gasteiger partial charge in [0.05, 0.1) is 19.7 Å². The normalized spacial score (nSPS) is 15.5. The number of ether oxygens (including phenoxy) is 1. The minimum absolute atomic E-state index is 0.102. The number of hydrogen-bond acceptors (Lipinski definition) is 5. The van der Waals surface area contributed by atoms with Gasteiger partial charge in [0.25, 0.3) is 0 Å². The zero-order valence-electron chi connectivity index (χ0n) is 8.19. The number of carbonyl (C=O) groups is 1. The number of guanidine groups is 1. The molecule has 0 atom stereocenters. The van der Waals surface area contributed by atoms with Crippen molar-refractivity contribution in [3.63, 3.8) is 0 Å². The van der Waals surface area contributed by atoms with E-state index in [1.54, 1.807) is 4.90 Å². The Morgan fingerprint density at radius 3 is 2.87 bits per heavy atom. The summed E-state index contributed by atoms with van der Waals surface area (Å²) in [7, 11) is 0. The summed E-state index contributed by atoms with van der Waals surface area (Å²) in [5, 5.41) is 18.1. The standard InChI is InChI=1S/C7H15N5O3/c8-6(11-9)12-3-5(4-12)15-7(14)10-1-2-13/h5,13H,1-4,9H2,(H2,8,11)(H,10,14). The molecule has 1 aliphatic rings. The van der Waals surface area contributed by atoms with Crippen molar-refractivity contribution in [1.82, 2.24) is 15.6 Å². The summed E-state index contributed by atoms with van der Waals surface area (Å²) >= 11 is 0. The van der Waals surface area contributed by atoms with Crippen LogP contribution in [0.25, 0.3) is 0 Å². The molecule has 0 saturated carbocycles. The van der Waals surface area contributed by atoms with E-state index in [1.165, 1.54) is 0 Å². The van der Waals surface area contributed by atoms with E-state index in [0.29, 0.717) is 13.1 Å². The van der Waals surface area contributed by atoms with Crippen LogP contribution in [0.4, 0.5) is 4.79 Å². The fourth-order valence-electron chi connectivity index (χ4n) is 1.14. The Hall–Kier alpha value is -1.54. The Balaban J connectivity index is 2.12. The summed E-state index contributed by atoms with van der Waals surface area (Å²) in [6.45, 7) is 0.966. The molecule has 1 rings (SSSR count). The highest BCUT2D eigenvalue weighted by Crippen LogP contribution is 2.10. The van der Waals surface area contributed by atoms with Crippen molar-refractivity contribution in [3.05, 3.63) is 0 Å². The Bertz CT molecular complexity index is 241. The van der Waals surface area contributed by atoms with Crippen LogP contribution in [0.1, 0.15) is 0 Å². The van der Waals surface area contributed by atoms with E-state index >= 15 is 0 Å². The van der Waals surface area contributed by atoms with Gasteiger partial charge < -0.3 is 20.1 Å². The van der Waals surface area contributed by atoms with Crippen LogP contribution < -0.4 is 16.6 Å². The van der Waals surface area contributed by atoms with Crippen molar-refractivity contribution in [2.75, 3.05) is 26.2 Å². The highest BCUT2D eigenvalue weighted by Gasteiger charge is 2.31. The van der Waals surface area contributed by atoms with Gasteiger partial charge in [0.2, 0.25) is 5.96 Å².